The first-order valence-corrected chi connectivity index (χ1v) is 10.3. The van der Waals surface area contributed by atoms with Crippen molar-refractivity contribution in [2.75, 3.05) is 37.6 Å². The summed E-state index contributed by atoms with van der Waals surface area (Å²) < 4.78 is 0. The number of benzene rings is 1. The highest BCUT2D eigenvalue weighted by Crippen LogP contribution is 2.23. The summed E-state index contributed by atoms with van der Waals surface area (Å²) in [6, 6.07) is 7.72. The number of nitrogens with one attached hydrogen (secondary N) is 2. The molecule has 2 N–H and O–H groups in total. The molecule has 2 atom stereocenters. The monoisotopic (exact) mass is 383 g/mol. The molecule has 7 nitrogen and oxygen atoms in total. The Morgan fingerprint density at radius 2 is 2.00 bits per heavy atom. The summed E-state index contributed by atoms with van der Waals surface area (Å²) in [6.07, 6.45) is 4.69. The Balaban J connectivity index is 1.31. The number of fused-ring (bicyclic) bond motifs is 1. The molecule has 1 aliphatic heterocycles. The zero-order chi connectivity index (χ0) is 19.5. The Labute approximate surface area is 165 Å². The number of hydrogen-bond donors (Lipinski definition) is 2. The molecule has 1 amide bonds. The number of anilines is 1. The lowest BCUT2D eigenvalue weighted by molar-refractivity contribution is -0.123. The van der Waals surface area contributed by atoms with E-state index in [0.717, 1.165) is 39.0 Å². The first kappa shape index (κ1) is 18.9. The molecule has 28 heavy (non-hydrogen) atoms. The highest BCUT2D eigenvalue weighted by Gasteiger charge is 2.24. The fraction of sp³-hybridized carbons (Fsp3) is 0.571. The van der Waals surface area contributed by atoms with Gasteiger partial charge in [0.15, 0.2) is 0 Å². The predicted molar refractivity (Wildman–Crippen MR) is 111 cm³/mol. The van der Waals surface area contributed by atoms with Crippen LogP contribution in [0.2, 0.25) is 0 Å². The Morgan fingerprint density at radius 3 is 2.79 bits per heavy atom. The molecule has 7 heteroatoms. The number of hydrogen-bond acceptors (Lipinski definition) is 5. The van der Waals surface area contributed by atoms with Crippen molar-refractivity contribution in [1.82, 2.24) is 20.2 Å². The van der Waals surface area contributed by atoms with E-state index in [0.29, 0.717) is 35.4 Å². The lowest BCUT2D eigenvalue weighted by Gasteiger charge is -2.35. The number of rotatable bonds is 4. The average molecular weight is 383 g/mol. The van der Waals surface area contributed by atoms with E-state index in [1.54, 1.807) is 6.07 Å². The second-order valence-corrected chi connectivity index (χ2v) is 8.21. The summed E-state index contributed by atoms with van der Waals surface area (Å²) in [6.45, 7) is 5.77. The quantitative estimate of drug-likeness (QED) is 0.841. The van der Waals surface area contributed by atoms with Gasteiger partial charge in [-0.1, -0.05) is 31.9 Å². The summed E-state index contributed by atoms with van der Waals surface area (Å²) in [4.78, 5) is 36.4. The topological polar surface area (TPSA) is 81.3 Å². The molecule has 0 radical (unpaired) electrons. The molecule has 2 aliphatic rings. The molecule has 1 aliphatic carbocycles. The lowest BCUT2D eigenvalue weighted by Crippen LogP contribution is -2.51. The molecule has 1 aromatic carbocycles. The molecule has 2 unspecified atom stereocenters. The van der Waals surface area contributed by atoms with Crippen LogP contribution in [-0.4, -0.2) is 59.5 Å². The van der Waals surface area contributed by atoms with Gasteiger partial charge in [0.05, 0.1) is 17.4 Å². The fourth-order valence-corrected chi connectivity index (χ4v) is 4.38. The van der Waals surface area contributed by atoms with Crippen LogP contribution in [0, 0.1) is 5.92 Å². The van der Waals surface area contributed by atoms with Crippen molar-refractivity contribution in [1.29, 1.82) is 0 Å². The standard InChI is InChI=1S/C21H29N5O2/c1-15-5-4-6-16(13-15)22-19(27)14-25-9-11-26(12-10-25)21-23-18-8-3-2-7-17(18)20(28)24-21/h2-3,7-8,15-16H,4-6,9-14H2,1H3,(H,22,27)(H,23,24,28). The maximum absolute atomic E-state index is 12.4. The number of aromatic amines is 1. The van der Waals surface area contributed by atoms with Crippen LogP contribution in [0.25, 0.3) is 10.9 Å². The van der Waals surface area contributed by atoms with Gasteiger partial charge < -0.3 is 10.2 Å². The van der Waals surface area contributed by atoms with Crippen LogP contribution in [-0.2, 0) is 4.79 Å². The number of piperazine rings is 1. The minimum absolute atomic E-state index is 0.107. The second-order valence-electron chi connectivity index (χ2n) is 8.21. The fourth-order valence-electron chi connectivity index (χ4n) is 4.38. The van der Waals surface area contributed by atoms with E-state index in [-0.39, 0.29) is 11.5 Å². The van der Waals surface area contributed by atoms with E-state index < -0.39 is 0 Å². The molecule has 2 heterocycles. The van der Waals surface area contributed by atoms with Gasteiger partial charge in [-0.2, -0.15) is 0 Å². The van der Waals surface area contributed by atoms with Gasteiger partial charge in [0.25, 0.3) is 5.56 Å². The number of carbonyl (C=O) groups excluding carboxylic acids is 1. The van der Waals surface area contributed by atoms with Crippen molar-refractivity contribution < 1.29 is 4.79 Å². The third kappa shape index (κ3) is 4.35. The van der Waals surface area contributed by atoms with Gasteiger partial charge in [-0.05, 0) is 30.9 Å². The average Bonchev–Trinajstić information content (AvgIpc) is 2.68. The molecule has 1 saturated heterocycles. The minimum Gasteiger partial charge on any atom is -0.352 e. The maximum atomic E-state index is 12.4. The van der Waals surface area contributed by atoms with Gasteiger partial charge in [0, 0.05) is 32.2 Å². The molecule has 2 fully saturated rings. The third-order valence-corrected chi connectivity index (χ3v) is 5.94. The Morgan fingerprint density at radius 1 is 1.21 bits per heavy atom. The zero-order valence-corrected chi connectivity index (χ0v) is 16.5. The summed E-state index contributed by atoms with van der Waals surface area (Å²) in [5.41, 5.74) is 0.605. The van der Waals surface area contributed by atoms with Crippen molar-refractivity contribution in [2.24, 2.45) is 5.92 Å². The van der Waals surface area contributed by atoms with E-state index in [4.69, 9.17) is 0 Å². The Kier molecular flexibility index (Phi) is 5.62. The third-order valence-electron chi connectivity index (χ3n) is 5.94. The van der Waals surface area contributed by atoms with Crippen LogP contribution in [0.3, 0.4) is 0 Å². The first-order chi connectivity index (χ1) is 13.6. The number of amides is 1. The SMILES string of the molecule is CC1CCCC(NC(=O)CN2CCN(c3nc4ccccc4c(=O)[nH]3)CC2)C1. The molecule has 150 valence electrons. The van der Waals surface area contributed by atoms with Gasteiger partial charge in [-0.25, -0.2) is 4.98 Å². The smallest absolute Gasteiger partial charge is 0.260 e. The summed E-state index contributed by atoms with van der Waals surface area (Å²) in [5.74, 6) is 1.45. The van der Waals surface area contributed by atoms with Crippen LogP contribution >= 0.6 is 0 Å². The Hall–Kier alpha value is -2.41. The predicted octanol–water partition coefficient (Wildman–Crippen LogP) is 1.74. The molecule has 4 rings (SSSR count). The van der Waals surface area contributed by atoms with Gasteiger partial charge >= 0.3 is 0 Å². The van der Waals surface area contributed by atoms with Gasteiger partial charge in [0.1, 0.15) is 0 Å². The molecule has 2 aromatic rings. The number of carbonyl (C=O) groups is 1. The van der Waals surface area contributed by atoms with Gasteiger partial charge in [0.2, 0.25) is 11.9 Å². The molecule has 0 bridgehead atoms. The minimum atomic E-state index is -0.107. The maximum Gasteiger partial charge on any atom is 0.260 e. The number of nitrogens with zero attached hydrogens (tertiary/aromatic N) is 3. The zero-order valence-electron chi connectivity index (χ0n) is 16.5. The van der Waals surface area contributed by atoms with Crippen molar-refractivity contribution >= 4 is 22.8 Å². The lowest BCUT2D eigenvalue weighted by atomic mass is 9.87. The van der Waals surface area contributed by atoms with Crippen LogP contribution in [0.5, 0.6) is 0 Å². The highest BCUT2D eigenvalue weighted by molar-refractivity contribution is 5.79. The number of para-hydroxylation sites is 1. The van der Waals surface area contributed by atoms with Crippen molar-refractivity contribution in [3.8, 4) is 0 Å². The van der Waals surface area contributed by atoms with E-state index in [1.165, 1.54) is 12.8 Å². The summed E-state index contributed by atoms with van der Waals surface area (Å²) in [5, 5.41) is 3.82. The number of aromatic nitrogens is 2. The summed E-state index contributed by atoms with van der Waals surface area (Å²) >= 11 is 0. The van der Waals surface area contributed by atoms with Crippen molar-refractivity contribution in [2.45, 2.75) is 38.6 Å². The van der Waals surface area contributed by atoms with Crippen LogP contribution in [0.4, 0.5) is 5.95 Å². The first-order valence-electron chi connectivity index (χ1n) is 10.3. The molecular formula is C21H29N5O2. The number of H-pyrrole nitrogens is 1. The normalized spacial score (nSPS) is 23.7. The van der Waals surface area contributed by atoms with Crippen molar-refractivity contribution in [3.05, 3.63) is 34.6 Å². The van der Waals surface area contributed by atoms with Crippen LogP contribution in [0.1, 0.15) is 32.6 Å². The van der Waals surface area contributed by atoms with Crippen LogP contribution in [0.15, 0.2) is 29.1 Å². The molecule has 1 aromatic heterocycles. The van der Waals surface area contributed by atoms with E-state index in [2.05, 4.69) is 32.0 Å². The second kappa shape index (κ2) is 8.31. The van der Waals surface area contributed by atoms with E-state index in [9.17, 15) is 9.59 Å². The van der Waals surface area contributed by atoms with Gasteiger partial charge in [-0.3, -0.25) is 19.5 Å². The largest absolute Gasteiger partial charge is 0.352 e. The van der Waals surface area contributed by atoms with Crippen molar-refractivity contribution in [3.63, 3.8) is 0 Å². The van der Waals surface area contributed by atoms with E-state index >= 15 is 0 Å². The molecular weight excluding hydrogens is 354 g/mol. The highest BCUT2D eigenvalue weighted by atomic mass is 16.2. The Bertz CT molecular complexity index is 888. The summed E-state index contributed by atoms with van der Waals surface area (Å²) in [7, 11) is 0. The molecule has 0 spiro atoms. The van der Waals surface area contributed by atoms with Gasteiger partial charge in [-0.15, -0.1) is 0 Å². The molecule has 1 saturated carbocycles. The van der Waals surface area contributed by atoms with Crippen LogP contribution < -0.4 is 15.8 Å². The van der Waals surface area contributed by atoms with E-state index in [1.807, 2.05) is 18.2 Å².